The molecule has 0 aromatic heterocycles. The minimum Gasteiger partial charge on any atom is -0.355 e. The zero-order valence-corrected chi connectivity index (χ0v) is 22.0. The van der Waals surface area contributed by atoms with Gasteiger partial charge < -0.3 is 10.2 Å². The molecule has 3 rings (SSSR count). The molecule has 3 aromatic carbocycles. The molecule has 3 aromatic rings. The molecule has 0 aliphatic rings. The number of nitrogens with one attached hydrogen (secondary N) is 1. The molecule has 0 aliphatic heterocycles. The Morgan fingerprint density at radius 2 is 1.50 bits per heavy atom. The second kappa shape index (κ2) is 11.9. The van der Waals surface area contributed by atoms with E-state index in [1.165, 1.54) is 17.0 Å². The second-order valence-electron chi connectivity index (χ2n) is 8.67. The molecule has 0 bridgehead atoms. The van der Waals surface area contributed by atoms with Gasteiger partial charge in [-0.15, -0.1) is 0 Å². The van der Waals surface area contributed by atoms with E-state index in [9.17, 15) is 18.0 Å². The van der Waals surface area contributed by atoms with Gasteiger partial charge in [-0.05, 0) is 68.7 Å². The number of rotatable bonds is 10. The van der Waals surface area contributed by atoms with E-state index in [-0.39, 0.29) is 17.3 Å². The highest BCUT2D eigenvalue weighted by atomic mass is 32.2. The number of hydrogen-bond acceptors (Lipinski definition) is 4. The van der Waals surface area contributed by atoms with Crippen molar-refractivity contribution in [3.8, 4) is 0 Å². The minimum atomic E-state index is -4.06. The lowest BCUT2D eigenvalue weighted by molar-refractivity contribution is -0.139. The molecule has 0 aliphatic carbocycles. The van der Waals surface area contributed by atoms with Crippen molar-refractivity contribution in [3.05, 3.63) is 95.6 Å². The van der Waals surface area contributed by atoms with E-state index in [0.717, 1.165) is 21.0 Å². The lowest BCUT2D eigenvalue weighted by atomic mass is 10.1. The first-order valence-electron chi connectivity index (χ1n) is 11.9. The highest BCUT2D eigenvalue weighted by Gasteiger charge is 2.32. The van der Waals surface area contributed by atoms with Crippen LogP contribution in [0.3, 0.4) is 0 Å². The van der Waals surface area contributed by atoms with Crippen molar-refractivity contribution in [2.45, 2.75) is 45.2 Å². The van der Waals surface area contributed by atoms with Crippen molar-refractivity contribution in [2.75, 3.05) is 17.4 Å². The summed E-state index contributed by atoms with van der Waals surface area (Å²) in [6, 6.07) is 21.9. The summed E-state index contributed by atoms with van der Waals surface area (Å²) in [6.07, 6.45) is 0. The van der Waals surface area contributed by atoms with Crippen LogP contribution < -0.4 is 9.62 Å². The van der Waals surface area contributed by atoms with Gasteiger partial charge in [-0.25, -0.2) is 8.42 Å². The summed E-state index contributed by atoms with van der Waals surface area (Å²) in [5.41, 5.74) is 3.15. The highest BCUT2D eigenvalue weighted by molar-refractivity contribution is 7.92. The van der Waals surface area contributed by atoms with Crippen molar-refractivity contribution in [1.82, 2.24) is 10.2 Å². The molecular formula is C28H33N3O4S. The van der Waals surface area contributed by atoms with Gasteiger partial charge in [0.05, 0.1) is 10.6 Å². The van der Waals surface area contributed by atoms with E-state index in [1.54, 1.807) is 37.3 Å². The number of carbonyl (C=O) groups excluding carboxylic acids is 2. The molecule has 1 N–H and O–H groups in total. The predicted molar refractivity (Wildman–Crippen MR) is 142 cm³/mol. The molecule has 8 heteroatoms. The Hall–Kier alpha value is -3.65. The monoisotopic (exact) mass is 507 g/mol. The normalized spacial score (nSPS) is 12.0. The molecule has 1 unspecified atom stereocenters. The molecule has 0 spiro atoms. The molecule has 190 valence electrons. The van der Waals surface area contributed by atoms with Gasteiger partial charge in [0.25, 0.3) is 10.0 Å². The predicted octanol–water partition coefficient (Wildman–Crippen LogP) is 4.05. The molecule has 0 saturated heterocycles. The number of anilines is 1. The van der Waals surface area contributed by atoms with Crippen LogP contribution in [0.1, 0.15) is 30.5 Å². The summed E-state index contributed by atoms with van der Waals surface area (Å²) in [7, 11) is -4.06. The summed E-state index contributed by atoms with van der Waals surface area (Å²) < 4.78 is 28.6. The maximum absolute atomic E-state index is 13.8. The molecular weight excluding hydrogens is 474 g/mol. The molecule has 0 radical (unpaired) electrons. The van der Waals surface area contributed by atoms with E-state index in [4.69, 9.17) is 0 Å². The molecule has 0 heterocycles. The molecule has 1 atom stereocenters. The Morgan fingerprint density at radius 1 is 0.889 bits per heavy atom. The Balaban J connectivity index is 2.03. The third-order valence-electron chi connectivity index (χ3n) is 6.10. The van der Waals surface area contributed by atoms with Crippen molar-refractivity contribution < 1.29 is 18.0 Å². The number of carbonyl (C=O) groups is 2. The number of aryl methyl sites for hydroxylation is 2. The number of sulfonamides is 1. The van der Waals surface area contributed by atoms with Crippen LogP contribution in [-0.4, -0.2) is 44.3 Å². The van der Waals surface area contributed by atoms with Crippen LogP contribution in [0, 0.1) is 13.8 Å². The average Bonchev–Trinajstić information content (AvgIpc) is 2.88. The van der Waals surface area contributed by atoms with Gasteiger partial charge in [0.15, 0.2) is 0 Å². The Bertz CT molecular complexity index is 1290. The third-order valence-corrected chi connectivity index (χ3v) is 7.89. The van der Waals surface area contributed by atoms with Crippen molar-refractivity contribution in [2.24, 2.45) is 0 Å². The first-order valence-corrected chi connectivity index (χ1v) is 13.3. The number of hydrogen-bond donors (Lipinski definition) is 1. The molecule has 36 heavy (non-hydrogen) atoms. The van der Waals surface area contributed by atoms with Crippen molar-refractivity contribution >= 4 is 27.5 Å². The maximum atomic E-state index is 13.8. The number of nitrogens with zero attached hydrogens (tertiary/aromatic N) is 2. The Morgan fingerprint density at radius 3 is 2.08 bits per heavy atom. The lowest BCUT2D eigenvalue weighted by Crippen LogP contribution is -2.51. The topological polar surface area (TPSA) is 86.8 Å². The summed E-state index contributed by atoms with van der Waals surface area (Å²) in [5.74, 6) is -0.777. The van der Waals surface area contributed by atoms with E-state index in [2.05, 4.69) is 5.32 Å². The molecule has 0 saturated carbocycles. The van der Waals surface area contributed by atoms with E-state index >= 15 is 0 Å². The molecule has 0 fully saturated rings. The van der Waals surface area contributed by atoms with E-state index in [0.29, 0.717) is 12.2 Å². The van der Waals surface area contributed by atoms with Crippen molar-refractivity contribution in [3.63, 3.8) is 0 Å². The minimum absolute atomic E-state index is 0.0856. The largest absolute Gasteiger partial charge is 0.355 e. The maximum Gasteiger partial charge on any atom is 0.264 e. The van der Waals surface area contributed by atoms with Crippen LogP contribution in [0.4, 0.5) is 5.69 Å². The number of amides is 2. The quantitative estimate of drug-likeness (QED) is 0.449. The summed E-state index contributed by atoms with van der Waals surface area (Å²) in [6.45, 7) is 7.44. The summed E-state index contributed by atoms with van der Waals surface area (Å²) in [4.78, 5) is 28.0. The van der Waals surface area contributed by atoms with Gasteiger partial charge in [-0.2, -0.15) is 0 Å². The standard InChI is InChI=1S/C28H33N3O4S/c1-5-29-28(33)23(4)30(19-24-12-8-6-9-13-24)27(32)20-31(25-17-16-21(2)22(3)18-25)36(34,35)26-14-10-7-11-15-26/h6-18,23H,5,19-20H2,1-4H3,(H,29,33). The van der Waals surface area contributed by atoms with Gasteiger partial charge in [0, 0.05) is 13.1 Å². The van der Waals surface area contributed by atoms with Gasteiger partial charge in [-0.3, -0.25) is 13.9 Å². The van der Waals surface area contributed by atoms with Gasteiger partial charge in [0.2, 0.25) is 11.8 Å². The summed E-state index contributed by atoms with van der Waals surface area (Å²) >= 11 is 0. The van der Waals surface area contributed by atoms with Crippen molar-refractivity contribution in [1.29, 1.82) is 0 Å². The zero-order chi connectivity index (χ0) is 26.3. The smallest absolute Gasteiger partial charge is 0.264 e. The Kier molecular flexibility index (Phi) is 8.88. The van der Waals surface area contributed by atoms with E-state index < -0.39 is 28.5 Å². The first-order chi connectivity index (χ1) is 17.1. The van der Waals surface area contributed by atoms with Crippen LogP contribution >= 0.6 is 0 Å². The third kappa shape index (κ3) is 6.31. The fourth-order valence-corrected chi connectivity index (χ4v) is 5.24. The second-order valence-corrected chi connectivity index (χ2v) is 10.5. The van der Waals surface area contributed by atoms with Gasteiger partial charge in [0.1, 0.15) is 12.6 Å². The summed E-state index contributed by atoms with van der Waals surface area (Å²) in [5, 5.41) is 2.76. The van der Waals surface area contributed by atoms with Crippen LogP contribution in [0.25, 0.3) is 0 Å². The van der Waals surface area contributed by atoms with Crippen LogP contribution in [0.15, 0.2) is 83.8 Å². The zero-order valence-electron chi connectivity index (χ0n) is 21.1. The molecule has 2 amide bonds. The highest BCUT2D eigenvalue weighted by Crippen LogP contribution is 2.26. The number of likely N-dealkylation sites (N-methyl/N-ethyl adjacent to an activating group) is 1. The SMILES string of the molecule is CCNC(=O)C(C)N(Cc1ccccc1)C(=O)CN(c1ccc(C)c(C)c1)S(=O)(=O)c1ccccc1. The van der Waals surface area contributed by atoms with Crippen LogP contribution in [-0.2, 0) is 26.2 Å². The van der Waals surface area contributed by atoms with Gasteiger partial charge in [-0.1, -0.05) is 54.6 Å². The van der Waals surface area contributed by atoms with Crippen LogP contribution in [0.2, 0.25) is 0 Å². The fourth-order valence-electron chi connectivity index (χ4n) is 3.81. The average molecular weight is 508 g/mol. The molecule has 7 nitrogen and oxygen atoms in total. The number of benzene rings is 3. The van der Waals surface area contributed by atoms with E-state index in [1.807, 2.05) is 57.2 Å². The lowest BCUT2D eigenvalue weighted by Gasteiger charge is -2.32. The van der Waals surface area contributed by atoms with Crippen LogP contribution in [0.5, 0.6) is 0 Å². The fraction of sp³-hybridized carbons (Fsp3) is 0.286. The first kappa shape index (κ1) is 26.9. The Labute approximate surface area is 213 Å². The van der Waals surface area contributed by atoms with Gasteiger partial charge >= 0.3 is 0 Å².